The molecule has 28 heavy (non-hydrogen) atoms. The van der Waals surface area contributed by atoms with E-state index >= 15 is 0 Å². The van der Waals surface area contributed by atoms with Gasteiger partial charge in [0.25, 0.3) is 5.56 Å². The molecule has 3 aromatic rings. The minimum absolute atomic E-state index is 0.0772. The van der Waals surface area contributed by atoms with Crippen molar-refractivity contribution in [2.24, 2.45) is 0 Å². The van der Waals surface area contributed by atoms with Crippen molar-refractivity contribution in [1.29, 1.82) is 0 Å². The van der Waals surface area contributed by atoms with Gasteiger partial charge >= 0.3 is 0 Å². The van der Waals surface area contributed by atoms with Crippen LogP contribution in [0, 0.1) is 6.92 Å². The van der Waals surface area contributed by atoms with Gasteiger partial charge in [0.05, 0.1) is 0 Å². The fourth-order valence-electron chi connectivity index (χ4n) is 2.64. The van der Waals surface area contributed by atoms with Crippen molar-refractivity contribution in [3.05, 3.63) is 87.8 Å². The van der Waals surface area contributed by atoms with Crippen LogP contribution in [0.1, 0.15) is 33.8 Å². The highest BCUT2D eigenvalue weighted by molar-refractivity contribution is 8.00. The second-order valence-electron chi connectivity index (χ2n) is 6.23. The summed E-state index contributed by atoms with van der Waals surface area (Å²) in [7, 11) is 0. The van der Waals surface area contributed by atoms with Crippen LogP contribution in [0.4, 0.5) is 5.69 Å². The number of benzene rings is 2. The van der Waals surface area contributed by atoms with E-state index in [-0.39, 0.29) is 17.2 Å². The van der Waals surface area contributed by atoms with E-state index < -0.39 is 5.25 Å². The molecule has 0 aliphatic heterocycles. The summed E-state index contributed by atoms with van der Waals surface area (Å²) in [6, 6.07) is 17.4. The third-order valence-electron chi connectivity index (χ3n) is 3.95. The molecule has 0 saturated heterocycles. The quantitative estimate of drug-likeness (QED) is 0.378. The monoisotopic (exact) mass is 393 g/mol. The maximum absolute atomic E-state index is 13.0. The number of aryl methyl sites for hydroxylation is 1. The largest absolute Gasteiger partial charge is 0.325 e. The van der Waals surface area contributed by atoms with Crippen LogP contribution in [-0.2, 0) is 4.79 Å². The van der Waals surface area contributed by atoms with Crippen LogP contribution >= 0.6 is 11.8 Å². The van der Waals surface area contributed by atoms with E-state index in [1.54, 1.807) is 31.2 Å². The van der Waals surface area contributed by atoms with Gasteiger partial charge in [0.2, 0.25) is 5.91 Å². The van der Waals surface area contributed by atoms with Crippen molar-refractivity contribution in [3.8, 4) is 0 Å². The number of hydrogen-bond donors (Lipinski definition) is 2. The molecule has 0 aliphatic carbocycles. The number of carbonyl (C=O) groups is 2. The molecule has 0 fully saturated rings. The van der Waals surface area contributed by atoms with Gasteiger partial charge in [-0.1, -0.05) is 54.2 Å². The zero-order chi connectivity index (χ0) is 20.1. The summed E-state index contributed by atoms with van der Waals surface area (Å²) >= 11 is 1.16. The van der Waals surface area contributed by atoms with Crippen LogP contribution in [0.25, 0.3) is 0 Å². The Labute approximate surface area is 166 Å². The van der Waals surface area contributed by atoms with Gasteiger partial charge in [-0.15, -0.1) is 0 Å². The van der Waals surface area contributed by atoms with E-state index in [4.69, 9.17) is 0 Å². The number of H-pyrrole nitrogens is 1. The molecule has 2 aromatic carbocycles. The fraction of sp³-hybridized carbons (Fsp3) is 0.143. The predicted molar refractivity (Wildman–Crippen MR) is 110 cm³/mol. The number of carbonyl (C=O) groups excluding carboxylic acids is 2. The minimum atomic E-state index is -0.632. The zero-order valence-electron chi connectivity index (χ0n) is 15.4. The molecular weight excluding hydrogens is 374 g/mol. The number of aromatic nitrogens is 2. The summed E-state index contributed by atoms with van der Waals surface area (Å²) in [6.07, 6.45) is 0. The average molecular weight is 393 g/mol. The van der Waals surface area contributed by atoms with Crippen molar-refractivity contribution < 1.29 is 9.59 Å². The van der Waals surface area contributed by atoms with Crippen LogP contribution in [0.5, 0.6) is 0 Å². The third-order valence-corrected chi connectivity index (χ3v) is 5.09. The molecule has 142 valence electrons. The third kappa shape index (κ3) is 4.95. The molecule has 0 spiro atoms. The molecule has 7 heteroatoms. The first kappa shape index (κ1) is 19.6. The summed E-state index contributed by atoms with van der Waals surface area (Å²) in [4.78, 5) is 43.3. The molecule has 1 aromatic heterocycles. The minimum Gasteiger partial charge on any atom is -0.325 e. The van der Waals surface area contributed by atoms with Crippen LogP contribution in [-0.4, -0.2) is 21.7 Å². The van der Waals surface area contributed by atoms with Gasteiger partial charge in [-0.3, -0.25) is 14.4 Å². The normalized spacial score (nSPS) is 11.6. The van der Waals surface area contributed by atoms with E-state index in [1.165, 1.54) is 13.0 Å². The van der Waals surface area contributed by atoms with E-state index in [0.717, 1.165) is 17.3 Å². The van der Waals surface area contributed by atoms with E-state index in [0.29, 0.717) is 22.1 Å². The van der Waals surface area contributed by atoms with Gasteiger partial charge in [-0.2, -0.15) is 0 Å². The lowest BCUT2D eigenvalue weighted by atomic mass is 10.1. The van der Waals surface area contributed by atoms with Gasteiger partial charge in [0.1, 0.15) is 5.25 Å². The standard InChI is InChI=1S/C21H19N3O3S/c1-13-11-18(26)24-21(22-13)28-19(15-7-4-3-5-8-15)20(27)23-17-10-6-9-16(12-17)14(2)25/h3-12,19H,1-2H3,(H,23,27)(H,22,24,26). The average Bonchev–Trinajstić information content (AvgIpc) is 2.66. The zero-order valence-corrected chi connectivity index (χ0v) is 16.2. The highest BCUT2D eigenvalue weighted by Crippen LogP contribution is 2.34. The SMILES string of the molecule is CC(=O)c1cccc(NC(=O)C(Sc2nc(C)cc(=O)[nH]2)c2ccccc2)c1. The number of rotatable bonds is 6. The smallest absolute Gasteiger partial charge is 0.251 e. The second-order valence-corrected chi connectivity index (χ2v) is 7.32. The first-order chi connectivity index (χ1) is 13.4. The topological polar surface area (TPSA) is 91.9 Å². The Morgan fingerprint density at radius 1 is 1.07 bits per heavy atom. The lowest BCUT2D eigenvalue weighted by Crippen LogP contribution is -2.20. The van der Waals surface area contributed by atoms with Crippen molar-refractivity contribution in [2.75, 3.05) is 5.32 Å². The molecule has 0 bridgehead atoms. The number of aromatic amines is 1. The molecule has 3 rings (SSSR count). The lowest BCUT2D eigenvalue weighted by Gasteiger charge is -2.17. The predicted octanol–water partition coefficient (Wildman–Crippen LogP) is 3.75. The van der Waals surface area contributed by atoms with E-state index in [2.05, 4.69) is 15.3 Å². The second kappa shape index (κ2) is 8.67. The Kier molecular flexibility index (Phi) is 6.06. The number of Topliss-reactive ketones (excluding diaryl/α,β-unsaturated/α-hetero) is 1. The summed E-state index contributed by atoms with van der Waals surface area (Å²) in [6.45, 7) is 3.20. The highest BCUT2D eigenvalue weighted by Gasteiger charge is 2.23. The molecule has 0 radical (unpaired) electrons. The highest BCUT2D eigenvalue weighted by atomic mass is 32.2. The number of ketones is 1. The van der Waals surface area contributed by atoms with Gasteiger partial charge in [0, 0.05) is 23.0 Å². The molecule has 1 atom stereocenters. The Bertz CT molecular complexity index is 1060. The van der Waals surface area contributed by atoms with Gasteiger partial charge < -0.3 is 10.3 Å². The Hall–Kier alpha value is -3.19. The Balaban J connectivity index is 1.90. The van der Waals surface area contributed by atoms with Crippen LogP contribution in [0.2, 0.25) is 0 Å². The molecular formula is C21H19N3O3S. The van der Waals surface area contributed by atoms with Gasteiger partial charge in [-0.05, 0) is 31.5 Å². The Morgan fingerprint density at radius 3 is 2.50 bits per heavy atom. The molecule has 1 amide bonds. The first-order valence-electron chi connectivity index (χ1n) is 8.64. The molecule has 0 aliphatic rings. The number of anilines is 1. The number of amides is 1. The molecule has 2 N–H and O–H groups in total. The number of nitrogens with zero attached hydrogens (tertiary/aromatic N) is 1. The van der Waals surface area contributed by atoms with Crippen molar-refractivity contribution >= 4 is 29.1 Å². The first-order valence-corrected chi connectivity index (χ1v) is 9.52. The summed E-state index contributed by atoms with van der Waals surface area (Å²) < 4.78 is 0. The Morgan fingerprint density at radius 2 is 1.82 bits per heavy atom. The van der Waals surface area contributed by atoms with Crippen LogP contribution in [0.15, 0.2) is 70.6 Å². The molecule has 1 unspecified atom stereocenters. The van der Waals surface area contributed by atoms with Crippen molar-refractivity contribution in [1.82, 2.24) is 9.97 Å². The maximum atomic E-state index is 13.0. The number of hydrogen-bond acceptors (Lipinski definition) is 5. The number of thioether (sulfide) groups is 1. The van der Waals surface area contributed by atoms with Crippen LogP contribution < -0.4 is 10.9 Å². The van der Waals surface area contributed by atoms with Crippen molar-refractivity contribution in [2.45, 2.75) is 24.3 Å². The number of nitrogens with one attached hydrogen (secondary N) is 2. The fourth-order valence-corrected chi connectivity index (χ4v) is 3.68. The van der Waals surface area contributed by atoms with Crippen LogP contribution in [0.3, 0.4) is 0 Å². The van der Waals surface area contributed by atoms with E-state index in [1.807, 2.05) is 30.3 Å². The maximum Gasteiger partial charge on any atom is 0.251 e. The van der Waals surface area contributed by atoms with Gasteiger partial charge in [0.15, 0.2) is 10.9 Å². The van der Waals surface area contributed by atoms with Gasteiger partial charge in [-0.25, -0.2) is 4.98 Å². The summed E-state index contributed by atoms with van der Waals surface area (Å²) in [5.41, 5.74) is 2.14. The molecule has 6 nitrogen and oxygen atoms in total. The summed E-state index contributed by atoms with van der Waals surface area (Å²) in [5, 5.41) is 2.59. The lowest BCUT2D eigenvalue weighted by molar-refractivity contribution is -0.115. The molecule has 0 saturated carbocycles. The summed E-state index contributed by atoms with van der Waals surface area (Å²) in [5.74, 6) is -0.354. The van der Waals surface area contributed by atoms with Crippen molar-refractivity contribution in [3.63, 3.8) is 0 Å². The van der Waals surface area contributed by atoms with E-state index in [9.17, 15) is 14.4 Å². The molecule has 1 heterocycles.